The smallest absolute Gasteiger partial charge is 0.416 e. The Morgan fingerprint density at radius 1 is 1.02 bits per heavy atom. The van der Waals surface area contributed by atoms with E-state index in [1.807, 2.05) is 13.8 Å². The Morgan fingerprint density at radius 3 is 2.46 bits per heavy atom. The molecular weight excluding hydrogens is 583 g/mol. The van der Waals surface area contributed by atoms with Crippen molar-refractivity contribution in [2.24, 2.45) is 5.92 Å². The van der Waals surface area contributed by atoms with Gasteiger partial charge in [0.15, 0.2) is 0 Å². The highest BCUT2D eigenvalue weighted by Gasteiger charge is 2.36. The van der Waals surface area contributed by atoms with Crippen molar-refractivity contribution in [1.82, 2.24) is 16.0 Å². The van der Waals surface area contributed by atoms with Crippen LogP contribution in [-0.2, 0) is 36.5 Å². The zero-order chi connectivity index (χ0) is 30.2. The number of amides is 3. The molecule has 4 N–H and O–H groups in total. The second kappa shape index (κ2) is 15.0. The number of esters is 1. The maximum absolute atomic E-state index is 13.7. The zero-order valence-electron chi connectivity index (χ0n) is 22.6. The molecule has 0 unspecified atom stereocenters. The quantitative estimate of drug-likeness (QED) is 0.231. The van der Waals surface area contributed by atoms with E-state index in [9.17, 15) is 37.5 Å². The molecule has 1 saturated heterocycles. The molecule has 3 aliphatic rings. The van der Waals surface area contributed by atoms with Gasteiger partial charge in [0.05, 0.1) is 24.5 Å². The molecule has 0 aromatic heterocycles. The second-order valence-corrected chi connectivity index (χ2v) is 12.8. The first kappa shape index (κ1) is 32.8. The summed E-state index contributed by atoms with van der Waals surface area (Å²) in [5, 5.41) is 18.5. The molecule has 1 aromatic rings. The van der Waals surface area contributed by atoms with Gasteiger partial charge in [-0.15, -0.1) is 0 Å². The van der Waals surface area contributed by atoms with Gasteiger partial charge in [0.25, 0.3) is 0 Å². The molecule has 3 aliphatic heterocycles. The summed E-state index contributed by atoms with van der Waals surface area (Å²) in [5.74, 6) is -2.47. The van der Waals surface area contributed by atoms with Gasteiger partial charge in [0.2, 0.25) is 17.7 Å². The van der Waals surface area contributed by atoms with Gasteiger partial charge in [-0.05, 0) is 30.0 Å². The SMILES string of the molecule is CC(C)[C@H]1C[C@@H](O)CC(=O)O[C@@H]2/C=C/CSSC[C@@H](NC(=O)[C@H](Cc3ccccc3C(F)(F)F)NC(=O)C2)C(=O)N1. The van der Waals surface area contributed by atoms with Crippen LogP contribution in [-0.4, -0.2) is 70.6 Å². The monoisotopic (exact) mass is 617 g/mol. The van der Waals surface area contributed by atoms with Crippen LogP contribution >= 0.6 is 21.6 Å². The van der Waals surface area contributed by atoms with Crippen LogP contribution in [0.3, 0.4) is 0 Å². The Kier molecular flexibility index (Phi) is 12.0. The predicted octanol–water partition coefficient (Wildman–Crippen LogP) is 2.77. The fourth-order valence-corrected chi connectivity index (χ4v) is 6.40. The summed E-state index contributed by atoms with van der Waals surface area (Å²) < 4.78 is 46.5. The number of rotatable bonds is 3. The summed E-state index contributed by atoms with van der Waals surface area (Å²) in [7, 11) is 2.67. The van der Waals surface area contributed by atoms with Crippen molar-refractivity contribution in [3.8, 4) is 0 Å². The molecule has 3 heterocycles. The topological polar surface area (TPSA) is 134 Å². The van der Waals surface area contributed by atoms with E-state index in [-0.39, 0.29) is 30.1 Å². The third-order valence-electron chi connectivity index (χ3n) is 6.59. The lowest BCUT2D eigenvalue weighted by Crippen LogP contribution is -2.57. The van der Waals surface area contributed by atoms with Crippen LogP contribution in [0.1, 0.15) is 44.2 Å². The van der Waals surface area contributed by atoms with Crippen LogP contribution in [0.25, 0.3) is 0 Å². The van der Waals surface area contributed by atoms with Gasteiger partial charge in [-0.1, -0.05) is 59.7 Å². The number of hydrogen-bond donors (Lipinski definition) is 4. The summed E-state index contributed by atoms with van der Waals surface area (Å²) in [4.78, 5) is 52.5. The number of nitrogens with one attached hydrogen (secondary N) is 3. The van der Waals surface area contributed by atoms with Crippen LogP contribution < -0.4 is 16.0 Å². The molecule has 0 saturated carbocycles. The van der Waals surface area contributed by atoms with E-state index < -0.39 is 78.6 Å². The first-order valence-electron chi connectivity index (χ1n) is 13.2. The van der Waals surface area contributed by atoms with Crippen LogP contribution in [0.2, 0.25) is 0 Å². The minimum Gasteiger partial charge on any atom is -0.457 e. The molecule has 0 aliphatic carbocycles. The van der Waals surface area contributed by atoms with E-state index in [1.54, 1.807) is 6.08 Å². The first-order chi connectivity index (χ1) is 19.3. The molecule has 2 bridgehead atoms. The van der Waals surface area contributed by atoms with E-state index >= 15 is 0 Å². The molecule has 1 fully saturated rings. The van der Waals surface area contributed by atoms with Crippen molar-refractivity contribution >= 4 is 45.3 Å². The third kappa shape index (κ3) is 10.3. The van der Waals surface area contributed by atoms with Gasteiger partial charge in [0.1, 0.15) is 18.2 Å². The average Bonchev–Trinajstić information content (AvgIpc) is 2.87. The summed E-state index contributed by atoms with van der Waals surface area (Å²) in [6.07, 6.45) is -4.87. The molecule has 0 spiro atoms. The first-order valence-corrected chi connectivity index (χ1v) is 15.7. The highest BCUT2D eigenvalue weighted by molar-refractivity contribution is 8.76. The second-order valence-electron chi connectivity index (χ2n) is 10.2. The molecule has 1 aromatic carbocycles. The van der Waals surface area contributed by atoms with Crippen LogP contribution in [0, 0.1) is 5.92 Å². The van der Waals surface area contributed by atoms with Crippen molar-refractivity contribution in [2.75, 3.05) is 11.5 Å². The molecule has 5 atom stereocenters. The Bertz CT molecular complexity index is 1130. The number of aliphatic hydroxyl groups excluding tert-OH is 1. The van der Waals surface area contributed by atoms with Crippen molar-refractivity contribution in [2.45, 2.75) is 76.0 Å². The minimum atomic E-state index is -4.69. The Morgan fingerprint density at radius 2 is 1.76 bits per heavy atom. The van der Waals surface area contributed by atoms with Crippen molar-refractivity contribution in [3.63, 3.8) is 0 Å². The van der Waals surface area contributed by atoms with Crippen molar-refractivity contribution < 1.29 is 42.2 Å². The van der Waals surface area contributed by atoms with E-state index in [0.29, 0.717) is 5.75 Å². The highest BCUT2D eigenvalue weighted by Crippen LogP contribution is 2.32. The molecule has 4 rings (SSSR count). The summed E-state index contributed by atoms with van der Waals surface area (Å²) in [6.45, 7) is 3.66. The fraction of sp³-hybridized carbons (Fsp3) is 0.556. The van der Waals surface area contributed by atoms with Gasteiger partial charge >= 0.3 is 12.1 Å². The molecule has 41 heavy (non-hydrogen) atoms. The van der Waals surface area contributed by atoms with Crippen molar-refractivity contribution in [1.29, 1.82) is 0 Å². The lowest BCUT2D eigenvalue weighted by molar-refractivity contribution is -0.150. The molecule has 226 valence electrons. The summed E-state index contributed by atoms with van der Waals surface area (Å²) in [5.41, 5.74) is -1.16. The number of hydrogen-bond acceptors (Lipinski definition) is 8. The molecular formula is C27H34F3N3O6S2. The summed E-state index contributed by atoms with van der Waals surface area (Å²) in [6, 6.07) is 1.64. The fourth-order valence-electron chi connectivity index (χ4n) is 4.42. The maximum Gasteiger partial charge on any atom is 0.416 e. The van der Waals surface area contributed by atoms with E-state index in [4.69, 9.17) is 4.74 Å². The minimum absolute atomic E-state index is 0.0406. The van der Waals surface area contributed by atoms with E-state index in [2.05, 4.69) is 16.0 Å². The van der Waals surface area contributed by atoms with E-state index in [0.717, 1.165) is 6.07 Å². The highest BCUT2D eigenvalue weighted by atomic mass is 33.1. The van der Waals surface area contributed by atoms with Crippen LogP contribution in [0.4, 0.5) is 13.2 Å². The van der Waals surface area contributed by atoms with Gasteiger partial charge in [-0.2, -0.15) is 13.2 Å². The standard InChI is InChI=1S/C27H34F3N3O6S2/c1-15(2)20-11-17(34)12-24(36)39-18-7-5-9-40-41-14-22(26(38)32-20)33-25(37)21(31-23(35)13-18)10-16-6-3-4-8-19(16)27(28,29)30/h3-8,15,17-18,20-22,34H,9-14H2,1-2H3,(H,31,35)(H,32,38)(H,33,37)/b7-5+/t17-,18-,20-,21+,22-/m1/s1. The van der Waals surface area contributed by atoms with Gasteiger partial charge < -0.3 is 25.8 Å². The lowest BCUT2D eigenvalue weighted by atomic mass is 9.96. The number of fused-ring (bicyclic) bond motifs is 16. The number of carbonyl (C=O) groups is 4. The van der Waals surface area contributed by atoms with Gasteiger partial charge in [-0.25, -0.2) is 0 Å². The number of alkyl halides is 3. The molecule has 9 nitrogen and oxygen atoms in total. The third-order valence-corrected chi connectivity index (χ3v) is 8.88. The van der Waals surface area contributed by atoms with Gasteiger partial charge in [-0.3, -0.25) is 19.2 Å². The zero-order valence-corrected chi connectivity index (χ0v) is 24.2. The number of aliphatic hydroxyl groups is 1. The number of carbonyl (C=O) groups excluding carboxylic acids is 4. The molecule has 0 radical (unpaired) electrons. The van der Waals surface area contributed by atoms with E-state index in [1.165, 1.54) is 45.9 Å². The maximum atomic E-state index is 13.7. The number of ether oxygens (including phenoxy) is 1. The Hall–Kier alpha value is -2.71. The lowest BCUT2D eigenvalue weighted by Gasteiger charge is -2.29. The predicted molar refractivity (Wildman–Crippen MR) is 150 cm³/mol. The molecule has 3 amide bonds. The Balaban J connectivity index is 2.02. The normalized spacial score (nSPS) is 28.3. The molecule has 14 heteroatoms. The van der Waals surface area contributed by atoms with Crippen LogP contribution in [0.15, 0.2) is 36.4 Å². The number of halogens is 3. The van der Waals surface area contributed by atoms with Gasteiger partial charge in [0, 0.05) is 24.0 Å². The average molecular weight is 618 g/mol. The summed E-state index contributed by atoms with van der Waals surface area (Å²) >= 11 is 0. The largest absolute Gasteiger partial charge is 0.457 e. The van der Waals surface area contributed by atoms with Crippen LogP contribution in [0.5, 0.6) is 0 Å². The number of benzene rings is 1. The Labute approximate surface area is 244 Å². The van der Waals surface area contributed by atoms with Crippen molar-refractivity contribution in [3.05, 3.63) is 47.5 Å².